The molecule has 22 heavy (non-hydrogen) atoms. The number of β-amino-alcohol motifs (C(OH)–C–C–N with tert-alkyl or cyclic N) is 1. The lowest BCUT2D eigenvalue weighted by atomic mass is 10.1. The Labute approximate surface area is 137 Å². The number of benzene rings is 1. The Hall–Kier alpha value is -0.650. The van der Waals surface area contributed by atoms with Crippen LogP contribution in [0.1, 0.15) is 18.1 Å². The molecular formula is C17H25ClN2O2. The van der Waals surface area contributed by atoms with E-state index in [9.17, 15) is 5.11 Å². The molecule has 1 aromatic rings. The van der Waals surface area contributed by atoms with Crippen LogP contribution in [0.2, 0.25) is 5.02 Å². The first-order valence-corrected chi connectivity index (χ1v) is 8.54. The molecule has 4 nitrogen and oxygen atoms in total. The molecule has 0 spiro atoms. The zero-order valence-electron chi connectivity index (χ0n) is 13.0. The molecule has 0 saturated carbocycles. The summed E-state index contributed by atoms with van der Waals surface area (Å²) in [6.07, 6.45) is 0.796. The molecule has 2 aliphatic heterocycles. The molecule has 0 bridgehead atoms. The lowest BCUT2D eigenvalue weighted by molar-refractivity contribution is 0.0308. The van der Waals surface area contributed by atoms with Crippen molar-refractivity contribution in [2.45, 2.75) is 12.5 Å². The van der Waals surface area contributed by atoms with Crippen LogP contribution < -0.4 is 0 Å². The van der Waals surface area contributed by atoms with E-state index >= 15 is 0 Å². The molecule has 2 saturated heterocycles. The van der Waals surface area contributed by atoms with Gasteiger partial charge >= 0.3 is 0 Å². The third kappa shape index (κ3) is 4.43. The van der Waals surface area contributed by atoms with Gasteiger partial charge in [0, 0.05) is 37.7 Å². The van der Waals surface area contributed by atoms with Crippen LogP contribution in [-0.2, 0) is 4.74 Å². The molecule has 2 unspecified atom stereocenters. The van der Waals surface area contributed by atoms with Gasteiger partial charge < -0.3 is 14.7 Å². The topological polar surface area (TPSA) is 35.9 Å². The number of aliphatic hydroxyl groups is 1. The third-order valence-electron chi connectivity index (χ3n) is 4.68. The Balaban J connectivity index is 1.45. The summed E-state index contributed by atoms with van der Waals surface area (Å²) in [5.41, 5.74) is 0.945. The number of likely N-dealkylation sites (tertiary alicyclic amines) is 1. The van der Waals surface area contributed by atoms with Crippen molar-refractivity contribution in [3.63, 3.8) is 0 Å². The fraction of sp³-hybridized carbons (Fsp3) is 0.647. The fourth-order valence-corrected chi connectivity index (χ4v) is 3.54. The van der Waals surface area contributed by atoms with Crippen LogP contribution in [0.15, 0.2) is 24.3 Å². The first-order valence-electron chi connectivity index (χ1n) is 8.16. The largest absolute Gasteiger partial charge is 0.387 e. The maximum Gasteiger partial charge on any atom is 0.0916 e. The summed E-state index contributed by atoms with van der Waals surface area (Å²) in [7, 11) is 0. The van der Waals surface area contributed by atoms with Crippen molar-refractivity contribution in [3.8, 4) is 0 Å². The Kier molecular flexibility index (Phi) is 5.71. The van der Waals surface area contributed by atoms with Gasteiger partial charge in [-0.15, -0.1) is 0 Å². The van der Waals surface area contributed by atoms with Crippen molar-refractivity contribution >= 4 is 11.6 Å². The average molecular weight is 325 g/mol. The molecule has 2 heterocycles. The number of hydrogen-bond acceptors (Lipinski definition) is 4. The highest BCUT2D eigenvalue weighted by atomic mass is 35.5. The summed E-state index contributed by atoms with van der Waals surface area (Å²) in [5.74, 6) is 0.718. The number of hydrogen-bond donors (Lipinski definition) is 1. The SMILES string of the molecule is OC(CN1CCC(CN2CCOCC2)C1)c1ccc(Cl)cc1. The summed E-state index contributed by atoms with van der Waals surface area (Å²) in [5, 5.41) is 11.1. The zero-order chi connectivity index (χ0) is 15.4. The first kappa shape index (κ1) is 16.2. The zero-order valence-corrected chi connectivity index (χ0v) is 13.7. The maximum absolute atomic E-state index is 10.4. The van der Waals surface area contributed by atoms with Crippen LogP contribution in [-0.4, -0.2) is 67.4 Å². The van der Waals surface area contributed by atoms with Gasteiger partial charge in [0.15, 0.2) is 0 Å². The molecule has 5 heteroatoms. The average Bonchev–Trinajstić information content (AvgIpc) is 2.96. The van der Waals surface area contributed by atoms with Gasteiger partial charge in [0.2, 0.25) is 0 Å². The van der Waals surface area contributed by atoms with Gasteiger partial charge in [-0.25, -0.2) is 0 Å². The summed E-state index contributed by atoms with van der Waals surface area (Å²) in [6.45, 7) is 7.89. The van der Waals surface area contributed by atoms with Gasteiger partial charge in [0.1, 0.15) is 0 Å². The molecule has 1 N–H and O–H groups in total. The Morgan fingerprint density at radius 3 is 2.59 bits per heavy atom. The summed E-state index contributed by atoms with van der Waals surface area (Å²) in [4.78, 5) is 4.89. The number of aliphatic hydroxyl groups excluding tert-OH is 1. The molecular weight excluding hydrogens is 300 g/mol. The highest BCUT2D eigenvalue weighted by molar-refractivity contribution is 6.30. The predicted molar refractivity (Wildman–Crippen MR) is 88.2 cm³/mol. The molecule has 3 rings (SSSR count). The van der Waals surface area contributed by atoms with Crippen molar-refractivity contribution in [1.29, 1.82) is 0 Å². The van der Waals surface area contributed by atoms with Crippen molar-refractivity contribution < 1.29 is 9.84 Å². The van der Waals surface area contributed by atoms with Crippen LogP contribution in [0.3, 0.4) is 0 Å². The lowest BCUT2D eigenvalue weighted by Crippen LogP contribution is -2.40. The molecule has 122 valence electrons. The molecule has 2 atom stereocenters. The first-order chi connectivity index (χ1) is 10.7. The van der Waals surface area contributed by atoms with Gasteiger partial charge in [0.25, 0.3) is 0 Å². The van der Waals surface area contributed by atoms with Crippen molar-refractivity contribution in [3.05, 3.63) is 34.9 Å². The molecule has 0 amide bonds. The van der Waals surface area contributed by atoms with E-state index in [1.807, 2.05) is 24.3 Å². The standard InChI is InChI=1S/C17H25ClN2O2/c18-16-3-1-15(2-4-16)17(21)13-20-6-5-14(12-20)11-19-7-9-22-10-8-19/h1-4,14,17,21H,5-13H2. The minimum absolute atomic E-state index is 0.431. The molecule has 2 fully saturated rings. The highest BCUT2D eigenvalue weighted by Crippen LogP contribution is 2.22. The van der Waals surface area contributed by atoms with Gasteiger partial charge in [-0.1, -0.05) is 23.7 Å². The molecule has 0 aliphatic carbocycles. The maximum atomic E-state index is 10.4. The van der Waals surface area contributed by atoms with E-state index in [0.29, 0.717) is 11.6 Å². The van der Waals surface area contributed by atoms with Crippen molar-refractivity contribution in [2.75, 3.05) is 52.5 Å². The molecule has 1 aromatic carbocycles. The van der Waals surface area contributed by atoms with E-state index in [1.165, 1.54) is 6.42 Å². The second-order valence-electron chi connectivity index (χ2n) is 6.39. The van der Waals surface area contributed by atoms with Gasteiger partial charge in [-0.05, 0) is 36.6 Å². The Bertz CT molecular complexity index is 462. The second kappa shape index (κ2) is 7.75. The van der Waals surface area contributed by atoms with E-state index in [2.05, 4.69) is 9.80 Å². The number of rotatable bonds is 5. The Morgan fingerprint density at radius 2 is 1.86 bits per heavy atom. The molecule has 2 aliphatic rings. The lowest BCUT2D eigenvalue weighted by Gasteiger charge is -2.29. The van der Waals surface area contributed by atoms with Crippen LogP contribution in [0.5, 0.6) is 0 Å². The Morgan fingerprint density at radius 1 is 1.14 bits per heavy atom. The predicted octanol–water partition coefficient (Wildman–Crippen LogP) is 2.03. The van der Waals surface area contributed by atoms with E-state index in [1.54, 1.807) is 0 Å². The van der Waals surface area contributed by atoms with Crippen LogP contribution in [0.4, 0.5) is 0 Å². The van der Waals surface area contributed by atoms with Gasteiger partial charge in [-0.3, -0.25) is 4.90 Å². The highest BCUT2D eigenvalue weighted by Gasteiger charge is 2.26. The van der Waals surface area contributed by atoms with Crippen LogP contribution in [0, 0.1) is 5.92 Å². The van der Waals surface area contributed by atoms with Gasteiger partial charge in [0.05, 0.1) is 19.3 Å². The monoisotopic (exact) mass is 324 g/mol. The summed E-state index contributed by atoms with van der Waals surface area (Å²) >= 11 is 5.89. The van der Waals surface area contributed by atoms with Gasteiger partial charge in [-0.2, -0.15) is 0 Å². The van der Waals surface area contributed by atoms with Crippen molar-refractivity contribution in [2.24, 2.45) is 5.92 Å². The normalized spacial score (nSPS) is 25.5. The summed E-state index contributed by atoms with van der Waals surface area (Å²) in [6, 6.07) is 7.50. The van der Waals surface area contributed by atoms with Crippen molar-refractivity contribution in [1.82, 2.24) is 9.80 Å². The molecule has 0 radical (unpaired) electrons. The number of nitrogens with zero attached hydrogens (tertiary/aromatic N) is 2. The molecule has 0 aromatic heterocycles. The second-order valence-corrected chi connectivity index (χ2v) is 6.83. The summed E-state index contributed by atoms with van der Waals surface area (Å²) < 4.78 is 5.40. The number of morpholine rings is 1. The number of ether oxygens (including phenoxy) is 1. The van der Waals surface area contributed by atoms with E-state index in [-0.39, 0.29) is 0 Å². The van der Waals surface area contributed by atoms with E-state index < -0.39 is 6.10 Å². The van der Waals surface area contributed by atoms with E-state index in [0.717, 1.165) is 57.4 Å². The van der Waals surface area contributed by atoms with Crippen LogP contribution in [0.25, 0.3) is 0 Å². The quantitative estimate of drug-likeness (QED) is 0.899. The smallest absolute Gasteiger partial charge is 0.0916 e. The van der Waals surface area contributed by atoms with Crippen LogP contribution >= 0.6 is 11.6 Å². The fourth-order valence-electron chi connectivity index (χ4n) is 3.41. The number of halogens is 1. The van der Waals surface area contributed by atoms with E-state index in [4.69, 9.17) is 16.3 Å². The minimum Gasteiger partial charge on any atom is -0.387 e. The minimum atomic E-state index is -0.431. The third-order valence-corrected chi connectivity index (χ3v) is 4.93.